The smallest absolute Gasteiger partial charge is 0.352 e. The summed E-state index contributed by atoms with van der Waals surface area (Å²) in [5.74, 6) is -0.0504. The number of aromatic nitrogens is 4. The normalized spacial score (nSPS) is 13.4. The number of hydrogen-bond donors (Lipinski definition) is 1. The Morgan fingerprint density at radius 3 is 2.64 bits per heavy atom. The molecule has 1 N–H and O–H groups in total. The zero-order chi connectivity index (χ0) is 16.3. The Morgan fingerprint density at radius 2 is 2.09 bits per heavy atom. The minimum atomic E-state index is -4.48. The van der Waals surface area contributed by atoms with Gasteiger partial charge in [0.25, 0.3) is 0 Å². The van der Waals surface area contributed by atoms with Crippen molar-refractivity contribution in [3.8, 4) is 0 Å². The summed E-state index contributed by atoms with van der Waals surface area (Å²) >= 11 is 0. The summed E-state index contributed by atoms with van der Waals surface area (Å²) in [6.07, 6.45) is 0.190. The van der Waals surface area contributed by atoms with Gasteiger partial charge in [0, 0.05) is 31.5 Å². The highest BCUT2D eigenvalue weighted by atomic mass is 19.4. The van der Waals surface area contributed by atoms with Gasteiger partial charge in [-0.2, -0.15) is 18.3 Å². The highest BCUT2D eigenvalue weighted by Crippen LogP contribution is 2.27. The van der Waals surface area contributed by atoms with E-state index >= 15 is 0 Å². The molecule has 0 bridgehead atoms. The second-order valence-electron chi connectivity index (χ2n) is 5.07. The molecular weight excluding hydrogens is 297 g/mol. The molecule has 1 unspecified atom stereocenters. The van der Waals surface area contributed by atoms with Gasteiger partial charge >= 0.3 is 6.18 Å². The summed E-state index contributed by atoms with van der Waals surface area (Å²) in [6.45, 7) is 0.361. The average Bonchev–Trinajstić information content (AvgIpc) is 2.84. The van der Waals surface area contributed by atoms with Crippen LogP contribution in [0.4, 0.5) is 19.1 Å². The maximum absolute atomic E-state index is 12.6. The minimum absolute atomic E-state index is 0.0504. The first kappa shape index (κ1) is 16.2. The van der Waals surface area contributed by atoms with E-state index in [1.165, 1.54) is 0 Å². The fourth-order valence-corrected chi connectivity index (χ4v) is 2.00. The van der Waals surface area contributed by atoms with Gasteiger partial charge in [0.15, 0.2) is 0 Å². The van der Waals surface area contributed by atoms with Gasteiger partial charge in [-0.1, -0.05) is 0 Å². The number of aryl methyl sites for hydroxylation is 1. The number of nitrogens with zero attached hydrogens (tertiary/aromatic N) is 5. The molecule has 0 saturated carbocycles. The van der Waals surface area contributed by atoms with Crippen molar-refractivity contribution < 1.29 is 13.2 Å². The molecule has 120 valence electrons. The van der Waals surface area contributed by atoms with Gasteiger partial charge in [-0.15, -0.1) is 0 Å². The van der Waals surface area contributed by atoms with Gasteiger partial charge in [-0.3, -0.25) is 4.68 Å². The van der Waals surface area contributed by atoms with E-state index in [4.69, 9.17) is 0 Å². The van der Waals surface area contributed by atoms with Crippen molar-refractivity contribution in [3.63, 3.8) is 0 Å². The van der Waals surface area contributed by atoms with Crippen LogP contribution in [0.15, 0.2) is 24.7 Å². The van der Waals surface area contributed by atoms with Crippen LogP contribution in [0.5, 0.6) is 0 Å². The maximum Gasteiger partial charge on any atom is 0.433 e. The fraction of sp³-hybridized carbons (Fsp3) is 0.462. The summed E-state index contributed by atoms with van der Waals surface area (Å²) in [6, 6.07) is 0.780. The number of alkyl halides is 3. The van der Waals surface area contributed by atoms with E-state index in [2.05, 4.69) is 20.4 Å². The standard InChI is InChI=1S/C13H17F3N6/c1-21(2)10(9-6-19-22(3)8-9)7-18-12-17-5-4-11(20-12)13(14,15)16/h4-6,8,10H,7H2,1-3H3,(H,17,18,20). The summed E-state index contributed by atoms with van der Waals surface area (Å²) < 4.78 is 39.5. The number of rotatable bonds is 5. The van der Waals surface area contributed by atoms with Crippen LogP contribution in [0.25, 0.3) is 0 Å². The Balaban J connectivity index is 2.10. The zero-order valence-electron chi connectivity index (χ0n) is 12.5. The van der Waals surface area contributed by atoms with Crippen molar-refractivity contribution in [1.29, 1.82) is 0 Å². The van der Waals surface area contributed by atoms with Crippen LogP contribution in [0.1, 0.15) is 17.3 Å². The first-order valence-corrected chi connectivity index (χ1v) is 6.56. The molecule has 0 aliphatic rings. The van der Waals surface area contributed by atoms with Crippen LogP contribution in [-0.2, 0) is 13.2 Å². The van der Waals surface area contributed by atoms with Gasteiger partial charge in [-0.05, 0) is 20.2 Å². The van der Waals surface area contributed by atoms with Crippen molar-refractivity contribution in [2.24, 2.45) is 7.05 Å². The second kappa shape index (κ2) is 6.30. The van der Waals surface area contributed by atoms with Crippen molar-refractivity contribution in [2.45, 2.75) is 12.2 Å². The van der Waals surface area contributed by atoms with Gasteiger partial charge < -0.3 is 10.2 Å². The summed E-state index contributed by atoms with van der Waals surface area (Å²) in [7, 11) is 5.57. The van der Waals surface area contributed by atoms with E-state index < -0.39 is 11.9 Å². The summed E-state index contributed by atoms with van der Waals surface area (Å²) in [4.78, 5) is 9.25. The van der Waals surface area contributed by atoms with E-state index in [-0.39, 0.29) is 12.0 Å². The van der Waals surface area contributed by atoms with E-state index in [0.29, 0.717) is 6.54 Å². The highest BCUT2D eigenvalue weighted by Gasteiger charge is 2.32. The van der Waals surface area contributed by atoms with E-state index in [9.17, 15) is 13.2 Å². The zero-order valence-corrected chi connectivity index (χ0v) is 12.5. The molecule has 2 heterocycles. The van der Waals surface area contributed by atoms with E-state index in [0.717, 1.165) is 17.8 Å². The molecule has 2 aromatic rings. The lowest BCUT2D eigenvalue weighted by Gasteiger charge is -2.23. The lowest BCUT2D eigenvalue weighted by atomic mass is 10.1. The quantitative estimate of drug-likeness (QED) is 0.914. The predicted molar refractivity (Wildman–Crippen MR) is 75.2 cm³/mol. The molecule has 22 heavy (non-hydrogen) atoms. The topological polar surface area (TPSA) is 58.9 Å². The SMILES string of the molecule is CN(C)C(CNc1nccc(C(F)(F)F)n1)c1cnn(C)c1. The fourth-order valence-electron chi connectivity index (χ4n) is 2.00. The molecular formula is C13H17F3N6. The Labute approximate surface area is 126 Å². The summed E-state index contributed by atoms with van der Waals surface area (Å²) in [5, 5.41) is 6.95. The Hall–Kier alpha value is -2.16. The van der Waals surface area contributed by atoms with E-state index in [1.54, 1.807) is 17.9 Å². The Kier molecular flexibility index (Phi) is 4.65. The first-order chi connectivity index (χ1) is 10.3. The van der Waals surface area contributed by atoms with E-state index in [1.807, 2.05) is 25.2 Å². The molecule has 2 aromatic heterocycles. The lowest BCUT2D eigenvalue weighted by Crippen LogP contribution is -2.27. The molecule has 0 saturated heterocycles. The van der Waals surface area contributed by atoms with Crippen molar-refractivity contribution in [3.05, 3.63) is 35.9 Å². The van der Waals surface area contributed by atoms with Gasteiger partial charge in [-0.25, -0.2) is 9.97 Å². The highest BCUT2D eigenvalue weighted by molar-refractivity contribution is 5.27. The van der Waals surface area contributed by atoms with Gasteiger partial charge in [0.05, 0.1) is 12.2 Å². The molecule has 2 rings (SSSR count). The van der Waals surface area contributed by atoms with Crippen LogP contribution in [0.3, 0.4) is 0 Å². The molecule has 0 aliphatic heterocycles. The summed E-state index contributed by atoms with van der Waals surface area (Å²) in [5.41, 5.74) is -0.0141. The van der Waals surface area contributed by atoms with Crippen molar-refractivity contribution in [2.75, 3.05) is 26.0 Å². The minimum Gasteiger partial charge on any atom is -0.352 e. The van der Waals surface area contributed by atoms with Crippen LogP contribution in [0, 0.1) is 0 Å². The Morgan fingerprint density at radius 1 is 1.36 bits per heavy atom. The second-order valence-corrected chi connectivity index (χ2v) is 5.07. The third-order valence-electron chi connectivity index (χ3n) is 3.13. The number of likely N-dealkylation sites (N-methyl/N-ethyl adjacent to an activating group) is 1. The maximum atomic E-state index is 12.6. The monoisotopic (exact) mass is 314 g/mol. The average molecular weight is 314 g/mol. The number of hydrogen-bond acceptors (Lipinski definition) is 5. The number of halogens is 3. The number of anilines is 1. The molecule has 0 aromatic carbocycles. The molecule has 1 atom stereocenters. The lowest BCUT2D eigenvalue weighted by molar-refractivity contribution is -0.141. The Bertz CT molecular complexity index is 622. The van der Waals surface area contributed by atoms with Crippen LogP contribution in [0.2, 0.25) is 0 Å². The van der Waals surface area contributed by atoms with Crippen molar-refractivity contribution >= 4 is 5.95 Å². The third-order valence-corrected chi connectivity index (χ3v) is 3.13. The largest absolute Gasteiger partial charge is 0.433 e. The van der Waals surface area contributed by atoms with Crippen LogP contribution >= 0.6 is 0 Å². The molecule has 9 heteroatoms. The molecule has 0 amide bonds. The predicted octanol–water partition coefficient (Wildman–Crippen LogP) is 1.94. The van der Waals surface area contributed by atoms with Gasteiger partial charge in [0.2, 0.25) is 5.95 Å². The first-order valence-electron chi connectivity index (χ1n) is 6.56. The molecule has 0 fully saturated rings. The van der Waals surface area contributed by atoms with Crippen molar-refractivity contribution in [1.82, 2.24) is 24.6 Å². The number of nitrogens with one attached hydrogen (secondary N) is 1. The molecule has 6 nitrogen and oxygen atoms in total. The van der Waals surface area contributed by atoms with Crippen LogP contribution in [-0.4, -0.2) is 45.3 Å². The van der Waals surface area contributed by atoms with Crippen LogP contribution < -0.4 is 5.32 Å². The third kappa shape index (κ3) is 3.94. The molecule has 0 aliphatic carbocycles. The molecule has 0 spiro atoms. The molecule has 0 radical (unpaired) electrons. The van der Waals surface area contributed by atoms with Gasteiger partial charge in [0.1, 0.15) is 5.69 Å².